The lowest BCUT2D eigenvalue weighted by Gasteiger charge is -2.10. The first kappa shape index (κ1) is 18.9. The second kappa shape index (κ2) is 9.11. The molecule has 22 heavy (non-hydrogen) atoms. The van der Waals surface area contributed by atoms with E-state index in [1.807, 2.05) is 0 Å². The van der Waals surface area contributed by atoms with E-state index in [9.17, 15) is 5.11 Å². The Kier molecular flexibility index (Phi) is 7.83. The highest BCUT2D eigenvalue weighted by Gasteiger charge is 2.09. The minimum absolute atomic E-state index is 0.0234. The zero-order valence-corrected chi connectivity index (χ0v) is 14.7. The Bertz CT molecular complexity index is 476. The van der Waals surface area contributed by atoms with E-state index in [2.05, 4.69) is 25.9 Å². The van der Waals surface area contributed by atoms with Gasteiger partial charge in [-0.2, -0.15) is 0 Å². The van der Waals surface area contributed by atoms with Crippen LogP contribution >= 0.6 is 23.2 Å². The van der Waals surface area contributed by atoms with Gasteiger partial charge in [-0.1, -0.05) is 49.1 Å². The van der Waals surface area contributed by atoms with Gasteiger partial charge in [-0.25, -0.2) is 0 Å². The van der Waals surface area contributed by atoms with E-state index in [1.165, 1.54) is 12.1 Å². The van der Waals surface area contributed by atoms with Gasteiger partial charge in [-0.3, -0.25) is 0 Å². The molecule has 4 nitrogen and oxygen atoms in total. The fourth-order valence-corrected chi connectivity index (χ4v) is 2.14. The number of halogens is 2. The highest BCUT2D eigenvalue weighted by molar-refractivity contribution is 6.37. The highest BCUT2D eigenvalue weighted by Crippen LogP contribution is 2.36. The summed E-state index contributed by atoms with van der Waals surface area (Å²) in [5.41, 5.74) is 0.0382. The van der Waals surface area contributed by atoms with Crippen molar-refractivity contribution >= 4 is 29.4 Å². The topological polar surface area (TPSA) is 51.0 Å². The van der Waals surface area contributed by atoms with Crippen molar-refractivity contribution in [3.63, 3.8) is 0 Å². The average molecular weight is 348 g/mol. The number of nitrogens with zero attached hydrogens (tertiary/aromatic N) is 1. The molecule has 1 rings (SSSR count). The van der Waals surface area contributed by atoms with E-state index in [0.717, 1.165) is 19.3 Å². The summed E-state index contributed by atoms with van der Waals surface area (Å²) in [4.78, 5) is 5.18. The average Bonchev–Trinajstić information content (AvgIpc) is 2.37. The third kappa shape index (κ3) is 7.76. The molecule has 0 amide bonds. The molecule has 1 aromatic rings. The number of benzene rings is 1. The summed E-state index contributed by atoms with van der Waals surface area (Å²) < 4.78 is 5.55. The predicted molar refractivity (Wildman–Crippen MR) is 91.4 cm³/mol. The SMILES string of the molecule is CC(C)(C)C=NOCCCCCOc1c(Cl)cc(O)cc1Cl. The lowest BCUT2D eigenvalue weighted by atomic mass is 10.00. The maximum Gasteiger partial charge on any atom is 0.156 e. The van der Waals surface area contributed by atoms with Crippen molar-refractivity contribution in [3.05, 3.63) is 22.2 Å². The fourth-order valence-electron chi connectivity index (χ4n) is 1.55. The number of unbranched alkanes of at least 4 members (excludes halogenated alkanes) is 2. The summed E-state index contributed by atoms with van der Waals surface area (Å²) in [5.74, 6) is 0.433. The largest absolute Gasteiger partial charge is 0.508 e. The van der Waals surface area contributed by atoms with Crippen LogP contribution in [0.3, 0.4) is 0 Å². The number of phenols is 1. The summed E-state index contributed by atoms with van der Waals surface area (Å²) >= 11 is 11.9. The molecule has 1 N–H and O–H groups in total. The molecular weight excluding hydrogens is 325 g/mol. The van der Waals surface area contributed by atoms with Crippen molar-refractivity contribution in [2.75, 3.05) is 13.2 Å². The molecule has 0 fully saturated rings. The van der Waals surface area contributed by atoms with Gasteiger partial charge in [-0.05, 0) is 19.3 Å². The molecule has 0 aliphatic carbocycles. The molecule has 0 radical (unpaired) electrons. The second-order valence-electron chi connectivity index (χ2n) is 6.08. The minimum Gasteiger partial charge on any atom is -0.508 e. The number of phenolic OH excluding ortho intramolecular Hbond substituents is 1. The van der Waals surface area contributed by atoms with Crippen LogP contribution in [0.4, 0.5) is 0 Å². The number of ether oxygens (including phenoxy) is 1. The van der Waals surface area contributed by atoms with Crippen LogP contribution in [0, 0.1) is 5.41 Å². The van der Waals surface area contributed by atoms with Crippen LogP contribution < -0.4 is 4.74 Å². The monoisotopic (exact) mass is 347 g/mol. The molecule has 0 aromatic heterocycles. The molecule has 0 heterocycles. The first-order valence-corrected chi connectivity index (χ1v) is 8.02. The highest BCUT2D eigenvalue weighted by atomic mass is 35.5. The number of oxime groups is 1. The van der Waals surface area contributed by atoms with Gasteiger partial charge in [0.2, 0.25) is 0 Å². The van der Waals surface area contributed by atoms with Gasteiger partial charge in [0.25, 0.3) is 0 Å². The van der Waals surface area contributed by atoms with Gasteiger partial charge >= 0.3 is 0 Å². The van der Waals surface area contributed by atoms with Crippen LogP contribution in [0.15, 0.2) is 17.3 Å². The maximum absolute atomic E-state index is 9.33. The zero-order valence-electron chi connectivity index (χ0n) is 13.2. The third-order valence-corrected chi connectivity index (χ3v) is 3.19. The van der Waals surface area contributed by atoms with Crippen molar-refractivity contribution in [2.45, 2.75) is 40.0 Å². The Morgan fingerprint density at radius 3 is 2.27 bits per heavy atom. The Morgan fingerprint density at radius 2 is 1.68 bits per heavy atom. The van der Waals surface area contributed by atoms with E-state index >= 15 is 0 Å². The Hall–Kier alpha value is -1.13. The van der Waals surface area contributed by atoms with Crippen molar-refractivity contribution in [2.24, 2.45) is 10.6 Å². The van der Waals surface area contributed by atoms with Crippen molar-refractivity contribution in [1.82, 2.24) is 0 Å². The van der Waals surface area contributed by atoms with Crippen LogP contribution in [0.1, 0.15) is 40.0 Å². The van der Waals surface area contributed by atoms with Crippen molar-refractivity contribution < 1.29 is 14.7 Å². The number of hydrogen-bond donors (Lipinski definition) is 1. The van der Waals surface area contributed by atoms with E-state index in [4.69, 9.17) is 32.8 Å². The van der Waals surface area contributed by atoms with Crippen LogP contribution in [0.5, 0.6) is 11.5 Å². The van der Waals surface area contributed by atoms with Gasteiger partial charge < -0.3 is 14.7 Å². The molecular formula is C16H23Cl2NO3. The Morgan fingerprint density at radius 1 is 1.09 bits per heavy atom. The van der Waals surface area contributed by atoms with Crippen LogP contribution in [-0.4, -0.2) is 24.5 Å². The second-order valence-corrected chi connectivity index (χ2v) is 6.90. The summed E-state index contributed by atoms with van der Waals surface area (Å²) in [6.07, 6.45) is 4.52. The molecule has 0 aliphatic rings. The molecule has 0 saturated carbocycles. The quantitative estimate of drug-likeness (QED) is 0.394. The molecule has 1 aromatic carbocycles. The van der Waals surface area contributed by atoms with E-state index in [0.29, 0.717) is 29.0 Å². The van der Waals surface area contributed by atoms with Crippen LogP contribution in [0.25, 0.3) is 0 Å². The summed E-state index contributed by atoms with van der Waals surface area (Å²) in [6, 6.07) is 2.81. The maximum atomic E-state index is 9.33. The lowest BCUT2D eigenvalue weighted by Crippen LogP contribution is -2.06. The summed E-state index contributed by atoms with van der Waals surface area (Å²) in [5, 5.41) is 13.9. The van der Waals surface area contributed by atoms with Crippen LogP contribution in [0.2, 0.25) is 10.0 Å². The molecule has 0 saturated heterocycles. The normalized spacial score (nSPS) is 11.9. The zero-order chi connectivity index (χ0) is 16.6. The van der Waals surface area contributed by atoms with Gasteiger partial charge in [0.05, 0.1) is 16.7 Å². The predicted octanol–water partition coefficient (Wildman–Crippen LogP) is 5.30. The molecule has 0 bridgehead atoms. The van der Waals surface area contributed by atoms with Gasteiger partial charge in [0.1, 0.15) is 12.4 Å². The number of rotatable bonds is 8. The Labute approximate surface area is 142 Å². The summed E-state index contributed by atoms with van der Waals surface area (Å²) in [6.45, 7) is 7.30. The summed E-state index contributed by atoms with van der Waals surface area (Å²) in [7, 11) is 0. The fraction of sp³-hybridized carbons (Fsp3) is 0.562. The van der Waals surface area contributed by atoms with E-state index < -0.39 is 0 Å². The standard InChI is InChI=1S/C16H23Cl2NO3/c1-16(2,3)11-19-22-8-6-4-5-7-21-15-13(17)9-12(20)10-14(15)18/h9-11,20H,4-8H2,1-3H3. The van der Waals surface area contributed by atoms with E-state index in [-0.39, 0.29) is 11.2 Å². The van der Waals surface area contributed by atoms with E-state index in [1.54, 1.807) is 6.21 Å². The number of aromatic hydroxyl groups is 1. The molecule has 0 spiro atoms. The molecule has 124 valence electrons. The van der Waals surface area contributed by atoms with Gasteiger partial charge in [0, 0.05) is 23.8 Å². The molecule has 6 heteroatoms. The molecule has 0 aliphatic heterocycles. The third-order valence-electron chi connectivity index (χ3n) is 2.62. The molecule has 0 unspecified atom stereocenters. The minimum atomic E-state index is 0.0234. The molecule has 0 atom stereocenters. The van der Waals surface area contributed by atoms with Gasteiger partial charge in [-0.15, -0.1) is 0 Å². The van der Waals surface area contributed by atoms with Gasteiger partial charge in [0.15, 0.2) is 5.75 Å². The Balaban J connectivity index is 2.15. The van der Waals surface area contributed by atoms with Crippen molar-refractivity contribution in [3.8, 4) is 11.5 Å². The van der Waals surface area contributed by atoms with Crippen LogP contribution in [-0.2, 0) is 4.84 Å². The lowest BCUT2D eigenvalue weighted by molar-refractivity contribution is 0.137. The smallest absolute Gasteiger partial charge is 0.156 e. The van der Waals surface area contributed by atoms with Crippen molar-refractivity contribution in [1.29, 1.82) is 0 Å². The first-order valence-electron chi connectivity index (χ1n) is 7.27. The number of hydrogen-bond acceptors (Lipinski definition) is 4. The first-order chi connectivity index (χ1) is 10.3.